The van der Waals surface area contributed by atoms with Crippen molar-refractivity contribution in [2.24, 2.45) is 11.8 Å². The van der Waals surface area contributed by atoms with Crippen molar-refractivity contribution in [3.63, 3.8) is 0 Å². The number of carbonyl (C=O) groups excluding carboxylic acids is 2. The Morgan fingerprint density at radius 3 is 1.89 bits per heavy atom. The molecular formula is C20H23N5O2. The molecule has 1 aliphatic carbocycles. The van der Waals surface area contributed by atoms with Gasteiger partial charge in [-0.05, 0) is 49.9 Å². The van der Waals surface area contributed by atoms with E-state index < -0.39 is 0 Å². The van der Waals surface area contributed by atoms with Gasteiger partial charge in [-0.15, -0.1) is 0 Å². The molecule has 2 aliphatic rings. The fourth-order valence-corrected chi connectivity index (χ4v) is 3.30. The highest BCUT2D eigenvalue weighted by Gasteiger charge is 2.29. The molecule has 7 nitrogen and oxygen atoms in total. The van der Waals surface area contributed by atoms with Crippen LogP contribution in [0.1, 0.15) is 25.7 Å². The van der Waals surface area contributed by atoms with Gasteiger partial charge in [0.15, 0.2) is 0 Å². The minimum absolute atomic E-state index is 0.00725. The number of carbonyl (C=O) groups is 2. The quantitative estimate of drug-likeness (QED) is 0.851. The van der Waals surface area contributed by atoms with Gasteiger partial charge in [0.1, 0.15) is 5.82 Å². The zero-order valence-corrected chi connectivity index (χ0v) is 15.1. The molecule has 2 amide bonds. The molecule has 1 aliphatic heterocycles. The summed E-state index contributed by atoms with van der Waals surface area (Å²) in [5.74, 6) is 1.16. The highest BCUT2D eigenvalue weighted by atomic mass is 16.2. The van der Waals surface area contributed by atoms with E-state index in [0.717, 1.165) is 56.0 Å². The molecule has 1 aromatic heterocycles. The second kappa shape index (κ2) is 7.73. The fourth-order valence-electron chi connectivity index (χ4n) is 3.30. The van der Waals surface area contributed by atoms with E-state index >= 15 is 0 Å². The van der Waals surface area contributed by atoms with Crippen molar-refractivity contribution < 1.29 is 9.59 Å². The molecule has 0 radical (unpaired) electrons. The van der Waals surface area contributed by atoms with Gasteiger partial charge in [-0.1, -0.05) is 0 Å². The van der Waals surface area contributed by atoms with E-state index in [4.69, 9.17) is 0 Å². The van der Waals surface area contributed by atoms with E-state index in [2.05, 4.69) is 25.5 Å². The molecule has 1 saturated heterocycles. The number of hydrogen-bond donors (Lipinski definition) is 2. The second-order valence-corrected chi connectivity index (χ2v) is 7.16. The van der Waals surface area contributed by atoms with Crippen LogP contribution in [0.25, 0.3) is 0 Å². The van der Waals surface area contributed by atoms with Crippen molar-refractivity contribution in [3.05, 3.63) is 42.9 Å². The lowest BCUT2D eigenvalue weighted by Crippen LogP contribution is -2.38. The first-order valence-electron chi connectivity index (χ1n) is 9.42. The van der Waals surface area contributed by atoms with Gasteiger partial charge in [0.05, 0.1) is 6.20 Å². The highest BCUT2D eigenvalue weighted by molar-refractivity contribution is 5.95. The van der Waals surface area contributed by atoms with Crippen LogP contribution < -0.4 is 15.5 Å². The van der Waals surface area contributed by atoms with Crippen LogP contribution in [-0.4, -0.2) is 34.9 Å². The van der Waals surface area contributed by atoms with Crippen LogP contribution in [0.5, 0.6) is 0 Å². The Kier molecular flexibility index (Phi) is 5.00. The van der Waals surface area contributed by atoms with Crippen LogP contribution in [0.4, 0.5) is 17.2 Å². The average Bonchev–Trinajstić information content (AvgIpc) is 3.56. The summed E-state index contributed by atoms with van der Waals surface area (Å²) in [6.07, 6.45) is 8.64. The number of piperidine rings is 1. The number of anilines is 3. The lowest BCUT2D eigenvalue weighted by atomic mass is 9.96. The maximum Gasteiger partial charge on any atom is 0.227 e. The van der Waals surface area contributed by atoms with Gasteiger partial charge in [0.2, 0.25) is 11.8 Å². The summed E-state index contributed by atoms with van der Waals surface area (Å²) in [6, 6.07) is 7.31. The Morgan fingerprint density at radius 1 is 0.852 bits per heavy atom. The summed E-state index contributed by atoms with van der Waals surface area (Å²) in [5, 5.41) is 5.88. The number of benzene rings is 1. The largest absolute Gasteiger partial charge is 0.355 e. The maximum atomic E-state index is 12.5. The molecule has 0 bridgehead atoms. The topological polar surface area (TPSA) is 87.2 Å². The number of nitrogens with one attached hydrogen (secondary N) is 2. The Labute approximate surface area is 158 Å². The average molecular weight is 365 g/mol. The first kappa shape index (κ1) is 17.5. The van der Waals surface area contributed by atoms with Gasteiger partial charge < -0.3 is 15.5 Å². The van der Waals surface area contributed by atoms with Gasteiger partial charge in [-0.3, -0.25) is 14.6 Å². The van der Waals surface area contributed by atoms with Crippen molar-refractivity contribution in [2.75, 3.05) is 28.6 Å². The molecule has 0 atom stereocenters. The highest BCUT2D eigenvalue weighted by Crippen LogP contribution is 2.30. The third-order valence-electron chi connectivity index (χ3n) is 5.11. The van der Waals surface area contributed by atoms with Crippen molar-refractivity contribution in [2.45, 2.75) is 25.7 Å². The first-order chi connectivity index (χ1) is 13.2. The maximum absolute atomic E-state index is 12.5. The lowest BCUT2D eigenvalue weighted by Gasteiger charge is -2.31. The molecule has 27 heavy (non-hydrogen) atoms. The van der Waals surface area contributed by atoms with E-state index in [9.17, 15) is 9.59 Å². The molecule has 1 saturated carbocycles. The first-order valence-corrected chi connectivity index (χ1v) is 9.42. The minimum Gasteiger partial charge on any atom is -0.355 e. The molecule has 4 rings (SSSR count). The van der Waals surface area contributed by atoms with Crippen LogP contribution in [0, 0.1) is 11.8 Å². The number of hydrogen-bond acceptors (Lipinski definition) is 5. The van der Waals surface area contributed by atoms with Crippen molar-refractivity contribution in [1.82, 2.24) is 9.97 Å². The summed E-state index contributed by atoms with van der Waals surface area (Å²) in [6.45, 7) is 1.59. The number of aromatic nitrogens is 2. The normalized spacial score (nSPS) is 17.4. The summed E-state index contributed by atoms with van der Waals surface area (Å²) < 4.78 is 0. The van der Waals surface area contributed by atoms with E-state index in [1.165, 1.54) is 0 Å². The zero-order valence-electron chi connectivity index (χ0n) is 15.1. The molecule has 7 heteroatoms. The van der Waals surface area contributed by atoms with Crippen molar-refractivity contribution in [1.29, 1.82) is 0 Å². The van der Waals surface area contributed by atoms with E-state index in [1.807, 2.05) is 24.3 Å². The van der Waals surface area contributed by atoms with Crippen LogP contribution in [-0.2, 0) is 9.59 Å². The molecule has 2 N–H and O–H groups in total. The van der Waals surface area contributed by atoms with Gasteiger partial charge >= 0.3 is 0 Å². The Bertz CT molecular complexity index is 797. The van der Waals surface area contributed by atoms with Crippen molar-refractivity contribution >= 4 is 29.0 Å². The monoisotopic (exact) mass is 365 g/mol. The predicted octanol–water partition coefficient (Wildman–Crippen LogP) is 2.68. The van der Waals surface area contributed by atoms with Crippen LogP contribution in [0.3, 0.4) is 0 Å². The fraction of sp³-hybridized carbons (Fsp3) is 0.400. The second-order valence-electron chi connectivity index (χ2n) is 7.16. The standard InChI is InChI=1S/C20H23N5O2/c26-19(14-1-2-14)23-16-3-5-17(6-4-16)24-20(27)15-7-11-25(12-8-15)18-13-21-9-10-22-18/h3-6,9-10,13-15H,1-2,7-8,11-12H2,(H,23,26)(H,24,27). The Balaban J connectivity index is 1.27. The van der Waals surface area contributed by atoms with Gasteiger partial charge in [0.25, 0.3) is 0 Å². The minimum atomic E-state index is -0.00725. The lowest BCUT2D eigenvalue weighted by molar-refractivity contribution is -0.120. The summed E-state index contributed by atoms with van der Waals surface area (Å²) in [4.78, 5) is 34.9. The molecule has 2 heterocycles. The van der Waals surface area contributed by atoms with Gasteiger partial charge in [-0.25, -0.2) is 4.98 Å². The molecule has 0 spiro atoms. The molecule has 2 fully saturated rings. The van der Waals surface area contributed by atoms with Crippen LogP contribution in [0.2, 0.25) is 0 Å². The van der Waals surface area contributed by atoms with E-state index in [0.29, 0.717) is 0 Å². The Morgan fingerprint density at radius 2 is 1.41 bits per heavy atom. The molecular weight excluding hydrogens is 342 g/mol. The predicted molar refractivity (Wildman–Crippen MR) is 103 cm³/mol. The Hall–Kier alpha value is -2.96. The number of nitrogens with zero attached hydrogens (tertiary/aromatic N) is 3. The van der Waals surface area contributed by atoms with E-state index in [1.54, 1.807) is 18.6 Å². The molecule has 140 valence electrons. The van der Waals surface area contributed by atoms with E-state index in [-0.39, 0.29) is 23.7 Å². The number of amides is 2. The zero-order chi connectivity index (χ0) is 18.6. The third kappa shape index (κ3) is 4.42. The van der Waals surface area contributed by atoms with Crippen LogP contribution in [0.15, 0.2) is 42.9 Å². The smallest absolute Gasteiger partial charge is 0.227 e. The molecule has 1 aromatic carbocycles. The SMILES string of the molecule is O=C(Nc1ccc(NC(=O)C2CCN(c3cnccn3)CC2)cc1)C1CC1. The number of rotatable bonds is 5. The molecule has 2 aromatic rings. The van der Waals surface area contributed by atoms with Gasteiger partial charge in [0, 0.05) is 48.7 Å². The van der Waals surface area contributed by atoms with Gasteiger partial charge in [-0.2, -0.15) is 0 Å². The van der Waals surface area contributed by atoms with Crippen LogP contribution >= 0.6 is 0 Å². The molecule has 0 unspecified atom stereocenters. The van der Waals surface area contributed by atoms with Crippen molar-refractivity contribution in [3.8, 4) is 0 Å². The summed E-state index contributed by atoms with van der Waals surface area (Å²) in [7, 11) is 0. The third-order valence-corrected chi connectivity index (χ3v) is 5.11. The summed E-state index contributed by atoms with van der Waals surface area (Å²) in [5.41, 5.74) is 1.52. The summed E-state index contributed by atoms with van der Waals surface area (Å²) >= 11 is 0.